The van der Waals surface area contributed by atoms with Crippen LogP contribution in [-0.2, 0) is 21.4 Å². The maximum atomic E-state index is 13.3. The summed E-state index contributed by atoms with van der Waals surface area (Å²) in [4.78, 5) is 18.7. The second-order valence-electron chi connectivity index (χ2n) is 8.84. The number of nitrogens with one attached hydrogen (secondary N) is 1. The van der Waals surface area contributed by atoms with Crippen molar-refractivity contribution in [2.24, 2.45) is 0 Å². The van der Waals surface area contributed by atoms with E-state index < -0.39 is 10.0 Å². The molecule has 0 spiro atoms. The molecule has 1 fully saturated rings. The number of methoxy groups -OCH3 is 1. The van der Waals surface area contributed by atoms with Gasteiger partial charge in [-0.3, -0.25) is 14.4 Å². The highest BCUT2D eigenvalue weighted by molar-refractivity contribution is 7.92. The minimum Gasteiger partial charge on any atom is -0.495 e. The number of amides is 1. The van der Waals surface area contributed by atoms with Gasteiger partial charge in [-0.15, -0.1) is 0 Å². The largest absolute Gasteiger partial charge is 0.495 e. The second-order valence-corrected chi connectivity index (χ2v) is 10.5. The van der Waals surface area contributed by atoms with Crippen molar-refractivity contribution < 1.29 is 27.2 Å². The number of aryl methyl sites for hydroxylation is 2. The number of carbonyl (C=O) groups excluding carboxylic acids is 1. The van der Waals surface area contributed by atoms with Crippen LogP contribution in [0.25, 0.3) is 0 Å². The van der Waals surface area contributed by atoms with Gasteiger partial charge in [-0.25, -0.2) is 8.42 Å². The van der Waals surface area contributed by atoms with Crippen LogP contribution in [0.5, 0.6) is 11.5 Å². The molecule has 35 heavy (non-hydrogen) atoms. The third-order valence-corrected chi connectivity index (χ3v) is 7.83. The number of carbonyl (C=O) groups is 1. The number of fused-ring (bicyclic) bond motifs is 1. The molecule has 1 amide bonds. The van der Waals surface area contributed by atoms with Gasteiger partial charge in [0.25, 0.3) is 15.9 Å². The predicted molar refractivity (Wildman–Crippen MR) is 127 cm³/mol. The van der Waals surface area contributed by atoms with Crippen LogP contribution >= 0.6 is 0 Å². The molecule has 10 nitrogen and oxygen atoms in total. The summed E-state index contributed by atoms with van der Waals surface area (Å²) < 4.78 is 45.5. The first-order valence-corrected chi connectivity index (χ1v) is 12.8. The van der Waals surface area contributed by atoms with Crippen LogP contribution in [0.3, 0.4) is 0 Å². The van der Waals surface area contributed by atoms with Gasteiger partial charge in [0.1, 0.15) is 11.5 Å². The van der Waals surface area contributed by atoms with E-state index >= 15 is 0 Å². The molecule has 1 aromatic heterocycles. The van der Waals surface area contributed by atoms with E-state index in [1.165, 1.54) is 18.1 Å². The Morgan fingerprint density at radius 1 is 1.20 bits per heavy atom. The van der Waals surface area contributed by atoms with Gasteiger partial charge in [0.2, 0.25) is 5.89 Å². The van der Waals surface area contributed by atoms with Crippen LogP contribution in [0.2, 0.25) is 0 Å². The summed E-state index contributed by atoms with van der Waals surface area (Å²) in [7, 11) is -2.50. The maximum absolute atomic E-state index is 13.3. The monoisotopic (exact) mass is 498 g/mol. The van der Waals surface area contributed by atoms with E-state index in [1.54, 1.807) is 25.1 Å². The lowest BCUT2D eigenvalue weighted by atomic mass is 9.85. The van der Waals surface area contributed by atoms with E-state index in [0.717, 1.165) is 24.8 Å². The lowest BCUT2D eigenvalue weighted by molar-refractivity contribution is -0.121. The number of rotatable bonds is 7. The third-order valence-electron chi connectivity index (χ3n) is 6.33. The van der Waals surface area contributed by atoms with Crippen molar-refractivity contribution in [3.63, 3.8) is 0 Å². The molecule has 1 N–H and O–H groups in total. The average molecular weight is 499 g/mol. The first-order valence-electron chi connectivity index (χ1n) is 11.3. The van der Waals surface area contributed by atoms with E-state index in [4.69, 9.17) is 14.0 Å². The Labute approximate surface area is 203 Å². The molecule has 0 saturated heterocycles. The molecule has 0 unspecified atom stereocenters. The molecule has 2 heterocycles. The fourth-order valence-corrected chi connectivity index (χ4v) is 5.49. The summed E-state index contributed by atoms with van der Waals surface area (Å²) in [6, 6.07) is 8.29. The van der Waals surface area contributed by atoms with Crippen LogP contribution < -0.4 is 19.1 Å². The Kier molecular flexibility index (Phi) is 5.87. The van der Waals surface area contributed by atoms with Gasteiger partial charge in [-0.1, -0.05) is 17.6 Å². The Morgan fingerprint density at radius 3 is 2.71 bits per heavy atom. The highest BCUT2D eigenvalue weighted by Crippen LogP contribution is 2.39. The quantitative estimate of drug-likeness (QED) is 0.523. The van der Waals surface area contributed by atoms with Gasteiger partial charge in [-0.05, 0) is 56.0 Å². The highest BCUT2D eigenvalue weighted by Gasteiger charge is 2.31. The summed E-state index contributed by atoms with van der Waals surface area (Å²) in [6.07, 6.45) is 3.20. The zero-order valence-corrected chi connectivity index (χ0v) is 20.5. The molecule has 1 aliphatic heterocycles. The molecule has 0 bridgehead atoms. The van der Waals surface area contributed by atoms with Gasteiger partial charge >= 0.3 is 0 Å². The Morgan fingerprint density at radius 2 is 2.00 bits per heavy atom. The van der Waals surface area contributed by atoms with E-state index in [2.05, 4.69) is 14.9 Å². The maximum Gasteiger partial charge on any atom is 0.265 e. The van der Waals surface area contributed by atoms with Gasteiger partial charge in [0.05, 0.1) is 29.9 Å². The number of anilines is 2. The van der Waals surface area contributed by atoms with Crippen molar-refractivity contribution in [2.75, 3.05) is 23.3 Å². The van der Waals surface area contributed by atoms with Gasteiger partial charge in [0, 0.05) is 12.0 Å². The van der Waals surface area contributed by atoms with Crippen LogP contribution in [0, 0.1) is 13.8 Å². The molecular formula is C24H26N4O6S. The first kappa shape index (κ1) is 23.2. The number of nitrogens with zero attached hydrogens (tertiary/aromatic N) is 3. The molecule has 184 valence electrons. The van der Waals surface area contributed by atoms with Crippen LogP contribution in [0.15, 0.2) is 39.8 Å². The van der Waals surface area contributed by atoms with Gasteiger partial charge < -0.3 is 14.0 Å². The summed E-state index contributed by atoms with van der Waals surface area (Å²) in [6.45, 7) is 3.42. The fourth-order valence-electron chi connectivity index (χ4n) is 4.19. The first-order chi connectivity index (χ1) is 16.7. The van der Waals surface area contributed by atoms with Crippen molar-refractivity contribution in [3.8, 4) is 11.5 Å². The minimum absolute atomic E-state index is 0.0425. The van der Waals surface area contributed by atoms with Crippen molar-refractivity contribution in [3.05, 3.63) is 53.2 Å². The Bertz CT molecular complexity index is 1400. The number of ether oxygens (including phenoxy) is 2. The van der Waals surface area contributed by atoms with Crippen molar-refractivity contribution in [1.29, 1.82) is 0 Å². The molecule has 2 aliphatic rings. The lowest BCUT2D eigenvalue weighted by Crippen LogP contribution is -2.38. The molecule has 2 aromatic carbocycles. The van der Waals surface area contributed by atoms with Gasteiger partial charge in [0.15, 0.2) is 12.4 Å². The summed E-state index contributed by atoms with van der Waals surface area (Å²) in [5.41, 5.74) is 2.13. The van der Waals surface area contributed by atoms with E-state index in [0.29, 0.717) is 40.3 Å². The smallest absolute Gasteiger partial charge is 0.265 e. The van der Waals surface area contributed by atoms with Crippen LogP contribution in [-0.4, -0.2) is 38.2 Å². The number of aromatic nitrogens is 2. The molecule has 11 heteroatoms. The second kappa shape index (κ2) is 8.88. The number of sulfonamides is 1. The van der Waals surface area contributed by atoms with E-state index in [9.17, 15) is 13.2 Å². The van der Waals surface area contributed by atoms with Crippen molar-refractivity contribution >= 4 is 27.3 Å². The third kappa shape index (κ3) is 4.43. The fraction of sp³-hybridized carbons (Fsp3) is 0.375. The highest BCUT2D eigenvalue weighted by atomic mass is 32.2. The molecule has 3 aromatic rings. The standard InChI is InChI=1S/C24H26N4O6S/c1-14-7-8-19(32-3)17(9-14)27-35(30,31)21-11-20-18(10-15(21)2)28(23(29)13-33-20)12-22-25-24(34-26-22)16-5-4-6-16/h7-11,16,27H,4-6,12-13H2,1-3H3. The van der Waals surface area contributed by atoms with Crippen LogP contribution in [0.4, 0.5) is 11.4 Å². The zero-order chi connectivity index (χ0) is 24.7. The molecular weight excluding hydrogens is 472 g/mol. The number of hydrogen-bond acceptors (Lipinski definition) is 8. The molecule has 0 radical (unpaired) electrons. The van der Waals surface area contributed by atoms with E-state index in [1.807, 2.05) is 13.0 Å². The topological polar surface area (TPSA) is 124 Å². The molecule has 1 saturated carbocycles. The molecule has 1 aliphatic carbocycles. The summed E-state index contributed by atoms with van der Waals surface area (Å²) in [5.74, 6) is 1.71. The van der Waals surface area contributed by atoms with Gasteiger partial charge in [-0.2, -0.15) is 4.98 Å². The average Bonchev–Trinajstić information content (AvgIpc) is 3.22. The van der Waals surface area contributed by atoms with E-state index in [-0.39, 0.29) is 29.7 Å². The predicted octanol–water partition coefficient (Wildman–Crippen LogP) is 3.69. The molecule has 0 atom stereocenters. The molecule has 5 rings (SSSR count). The zero-order valence-electron chi connectivity index (χ0n) is 19.7. The SMILES string of the molecule is COc1ccc(C)cc1NS(=O)(=O)c1cc2c(cc1C)N(Cc1noc(C3CCC3)n1)C(=O)CO2. The summed E-state index contributed by atoms with van der Waals surface area (Å²) >= 11 is 0. The lowest BCUT2D eigenvalue weighted by Gasteiger charge is -2.29. The van der Waals surface area contributed by atoms with Crippen molar-refractivity contribution in [1.82, 2.24) is 10.1 Å². The summed E-state index contributed by atoms with van der Waals surface area (Å²) in [5, 5.41) is 4.03. The number of benzene rings is 2. The number of hydrogen-bond donors (Lipinski definition) is 1. The van der Waals surface area contributed by atoms with Crippen molar-refractivity contribution in [2.45, 2.75) is 50.5 Å². The minimum atomic E-state index is -3.97. The normalized spacial score (nSPS) is 15.9. The Balaban J connectivity index is 1.44. The van der Waals surface area contributed by atoms with Crippen LogP contribution in [0.1, 0.15) is 48.0 Å². The Hall–Kier alpha value is -3.60.